The van der Waals surface area contributed by atoms with E-state index in [-0.39, 0.29) is 42.3 Å². The molecule has 196 valence electrons. The molecule has 8 nitrogen and oxygen atoms in total. The van der Waals surface area contributed by atoms with Crippen molar-refractivity contribution >= 4 is 21.8 Å². The summed E-state index contributed by atoms with van der Waals surface area (Å²) in [5.41, 5.74) is -0.103. The molecule has 0 unspecified atom stereocenters. The molecule has 3 rings (SSSR count). The van der Waals surface area contributed by atoms with E-state index in [4.69, 9.17) is 4.74 Å². The molecule has 0 aromatic heterocycles. The maximum absolute atomic E-state index is 12.9. The smallest absolute Gasteiger partial charge is 0.416 e. The van der Waals surface area contributed by atoms with Crippen LogP contribution in [0.15, 0.2) is 53.4 Å². The lowest BCUT2D eigenvalue weighted by Crippen LogP contribution is -2.53. The largest absolute Gasteiger partial charge is 0.497 e. The standard InChI is InChI=1S/C24H28F3N3O5S/c1-16(31)28-22(15-17-3-7-20(35-2)8-4-17)23(32)29-19-11-13-30(14-12-19)36(33,34)21-9-5-18(6-10-21)24(25,26)27/h3-10,19,22H,11-15H2,1-2H3,(H,28,31)(H,29,32)/t22-/m0/s1. The van der Waals surface area contributed by atoms with Gasteiger partial charge in [-0.2, -0.15) is 17.5 Å². The molecule has 2 aromatic carbocycles. The summed E-state index contributed by atoms with van der Waals surface area (Å²) in [4.78, 5) is 24.4. The van der Waals surface area contributed by atoms with Crippen molar-refractivity contribution in [3.63, 3.8) is 0 Å². The Kier molecular flexibility index (Phi) is 8.62. The van der Waals surface area contributed by atoms with Gasteiger partial charge in [-0.25, -0.2) is 8.42 Å². The predicted molar refractivity (Wildman–Crippen MR) is 126 cm³/mol. The lowest BCUT2D eigenvalue weighted by Gasteiger charge is -2.32. The fourth-order valence-corrected chi connectivity index (χ4v) is 5.43. The summed E-state index contributed by atoms with van der Waals surface area (Å²) < 4.78 is 70.4. The molecule has 0 aliphatic carbocycles. The molecule has 36 heavy (non-hydrogen) atoms. The molecule has 0 saturated carbocycles. The van der Waals surface area contributed by atoms with E-state index in [0.717, 1.165) is 29.8 Å². The maximum Gasteiger partial charge on any atom is 0.416 e. The van der Waals surface area contributed by atoms with Crippen molar-refractivity contribution in [3.05, 3.63) is 59.7 Å². The highest BCUT2D eigenvalue weighted by Crippen LogP contribution is 2.30. The van der Waals surface area contributed by atoms with Crippen LogP contribution in [0.2, 0.25) is 0 Å². The van der Waals surface area contributed by atoms with Gasteiger partial charge in [0.15, 0.2) is 0 Å². The molecular weight excluding hydrogens is 499 g/mol. The van der Waals surface area contributed by atoms with E-state index in [0.29, 0.717) is 18.6 Å². The molecule has 12 heteroatoms. The number of halogens is 3. The van der Waals surface area contributed by atoms with E-state index in [9.17, 15) is 31.2 Å². The molecule has 0 bridgehead atoms. The Morgan fingerprint density at radius 3 is 2.14 bits per heavy atom. The van der Waals surface area contributed by atoms with Crippen molar-refractivity contribution in [2.24, 2.45) is 0 Å². The molecule has 0 spiro atoms. The van der Waals surface area contributed by atoms with Gasteiger partial charge in [0.05, 0.1) is 17.6 Å². The SMILES string of the molecule is COc1ccc(C[C@H](NC(C)=O)C(=O)NC2CCN(S(=O)(=O)c3ccc(C(F)(F)F)cc3)CC2)cc1. The average molecular weight is 528 g/mol. The van der Waals surface area contributed by atoms with E-state index < -0.39 is 27.8 Å². The second-order valence-electron chi connectivity index (χ2n) is 8.51. The first-order valence-corrected chi connectivity index (χ1v) is 12.7. The monoisotopic (exact) mass is 527 g/mol. The Morgan fingerprint density at radius 2 is 1.64 bits per heavy atom. The first-order chi connectivity index (χ1) is 16.9. The van der Waals surface area contributed by atoms with Crippen LogP contribution in [-0.4, -0.2) is 56.8 Å². The quantitative estimate of drug-likeness (QED) is 0.550. The van der Waals surface area contributed by atoms with Crippen LogP contribution in [0.5, 0.6) is 5.75 Å². The number of rotatable bonds is 8. The summed E-state index contributed by atoms with van der Waals surface area (Å²) >= 11 is 0. The summed E-state index contributed by atoms with van der Waals surface area (Å²) in [5.74, 6) is -0.0801. The van der Waals surface area contributed by atoms with Gasteiger partial charge in [-0.05, 0) is 54.8 Å². The Morgan fingerprint density at radius 1 is 1.06 bits per heavy atom. The van der Waals surface area contributed by atoms with Crippen molar-refractivity contribution < 1.29 is 35.9 Å². The molecule has 2 amide bonds. The third-order valence-electron chi connectivity index (χ3n) is 5.91. The Bertz CT molecular complexity index is 1160. The van der Waals surface area contributed by atoms with Crippen LogP contribution < -0.4 is 15.4 Å². The number of nitrogens with zero attached hydrogens (tertiary/aromatic N) is 1. The summed E-state index contributed by atoms with van der Waals surface area (Å²) in [6.45, 7) is 1.51. The predicted octanol–water partition coefficient (Wildman–Crippen LogP) is 2.73. The van der Waals surface area contributed by atoms with Gasteiger partial charge in [0, 0.05) is 32.5 Å². The first kappa shape index (κ1) is 27.5. The van der Waals surface area contributed by atoms with Gasteiger partial charge < -0.3 is 15.4 Å². The topological polar surface area (TPSA) is 105 Å². The lowest BCUT2D eigenvalue weighted by atomic mass is 10.0. The van der Waals surface area contributed by atoms with Crippen molar-refractivity contribution in [2.75, 3.05) is 20.2 Å². The van der Waals surface area contributed by atoms with Crippen LogP contribution in [0.25, 0.3) is 0 Å². The van der Waals surface area contributed by atoms with Crippen LogP contribution in [0.3, 0.4) is 0 Å². The highest BCUT2D eigenvalue weighted by molar-refractivity contribution is 7.89. The number of carbonyl (C=O) groups excluding carboxylic acids is 2. The summed E-state index contributed by atoms with van der Waals surface area (Å²) in [7, 11) is -2.42. The van der Waals surface area contributed by atoms with Gasteiger partial charge in [-0.3, -0.25) is 9.59 Å². The van der Waals surface area contributed by atoms with Gasteiger partial charge in [0.1, 0.15) is 11.8 Å². The minimum Gasteiger partial charge on any atom is -0.497 e. The number of benzene rings is 2. The Labute approximate surface area is 207 Å². The van der Waals surface area contributed by atoms with E-state index in [1.165, 1.54) is 11.2 Å². The van der Waals surface area contributed by atoms with Crippen molar-refractivity contribution in [3.8, 4) is 5.75 Å². The molecule has 1 fully saturated rings. The Balaban J connectivity index is 1.60. The molecule has 2 aromatic rings. The maximum atomic E-state index is 12.9. The number of alkyl halides is 3. The summed E-state index contributed by atoms with van der Waals surface area (Å²) in [6, 6.07) is 9.35. The first-order valence-electron chi connectivity index (χ1n) is 11.3. The fraction of sp³-hybridized carbons (Fsp3) is 0.417. The van der Waals surface area contributed by atoms with Gasteiger partial charge >= 0.3 is 6.18 Å². The van der Waals surface area contributed by atoms with E-state index in [2.05, 4.69) is 10.6 Å². The number of sulfonamides is 1. The van der Waals surface area contributed by atoms with Crippen molar-refractivity contribution in [2.45, 2.75) is 49.3 Å². The van der Waals surface area contributed by atoms with Crippen molar-refractivity contribution in [1.82, 2.24) is 14.9 Å². The molecule has 1 saturated heterocycles. The van der Waals surface area contributed by atoms with Crippen molar-refractivity contribution in [1.29, 1.82) is 0 Å². The van der Waals surface area contributed by atoms with Gasteiger partial charge in [0.25, 0.3) is 0 Å². The second-order valence-corrected chi connectivity index (χ2v) is 10.5. The van der Waals surface area contributed by atoms with Crippen LogP contribution in [0.4, 0.5) is 13.2 Å². The number of ether oxygens (including phenoxy) is 1. The van der Waals surface area contributed by atoms with Gasteiger partial charge in [-0.15, -0.1) is 0 Å². The highest BCUT2D eigenvalue weighted by atomic mass is 32.2. The number of amides is 2. The van der Waals surface area contributed by atoms with Gasteiger partial charge in [-0.1, -0.05) is 12.1 Å². The second kappa shape index (κ2) is 11.3. The number of nitrogens with one attached hydrogen (secondary N) is 2. The van der Waals surface area contributed by atoms with E-state index >= 15 is 0 Å². The van der Waals surface area contributed by atoms with E-state index in [1.54, 1.807) is 31.4 Å². The number of piperidine rings is 1. The molecule has 1 aliphatic rings. The average Bonchev–Trinajstić information content (AvgIpc) is 2.83. The number of methoxy groups -OCH3 is 1. The summed E-state index contributed by atoms with van der Waals surface area (Å²) in [6.07, 6.45) is -3.65. The highest BCUT2D eigenvalue weighted by Gasteiger charge is 2.33. The lowest BCUT2D eigenvalue weighted by molar-refractivity contribution is -0.137. The normalized spacial score (nSPS) is 16.2. The van der Waals surface area contributed by atoms with Crippen LogP contribution in [0.1, 0.15) is 30.9 Å². The number of carbonyl (C=O) groups is 2. The summed E-state index contributed by atoms with van der Waals surface area (Å²) in [5, 5.41) is 5.53. The van der Waals surface area contributed by atoms with Gasteiger partial charge in [0.2, 0.25) is 21.8 Å². The number of hydrogen-bond acceptors (Lipinski definition) is 5. The van der Waals surface area contributed by atoms with Crippen LogP contribution in [0, 0.1) is 0 Å². The molecule has 2 N–H and O–H groups in total. The molecule has 1 aliphatic heterocycles. The zero-order valence-corrected chi connectivity index (χ0v) is 20.7. The molecule has 1 atom stereocenters. The minimum absolute atomic E-state index is 0.0948. The molecule has 1 heterocycles. The Hall–Kier alpha value is -3.12. The molecule has 0 radical (unpaired) electrons. The molecular formula is C24H28F3N3O5S. The van der Waals surface area contributed by atoms with Crippen LogP contribution in [-0.2, 0) is 32.2 Å². The third-order valence-corrected chi connectivity index (χ3v) is 7.83. The zero-order valence-electron chi connectivity index (χ0n) is 19.8. The minimum atomic E-state index is -4.55. The van der Waals surface area contributed by atoms with E-state index in [1.807, 2.05) is 0 Å². The fourth-order valence-electron chi connectivity index (χ4n) is 3.96. The van der Waals surface area contributed by atoms with Crippen LogP contribution >= 0.6 is 0 Å². The zero-order chi connectivity index (χ0) is 26.5. The number of hydrogen-bond donors (Lipinski definition) is 2. The third kappa shape index (κ3) is 6.97.